The molecule has 0 amide bonds. The Morgan fingerprint density at radius 1 is 1.41 bits per heavy atom. The van der Waals surface area contributed by atoms with Crippen molar-refractivity contribution in [1.82, 2.24) is 4.98 Å². The molecule has 3 N–H and O–H groups in total. The highest BCUT2D eigenvalue weighted by Gasteiger charge is 2.06. The number of halogens is 2. The molecule has 1 aromatic heterocycles. The van der Waals surface area contributed by atoms with Gasteiger partial charge in [-0.15, -0.1) is 0 Å². The summed E-state index contributed by atoms with van der Waals surface area (Å²) in [7, 11) is 0. The molecule has 0 spiro atoms. The number of hydrogen-bond donors (Lipinski definition) is 2. The summed E-state index contributed by atoms with van der Waals surface area (Å²) in [5.74, 6) is 0.766. The number of nitrogens with zero attached hydrogens (tertiary/aromatic N) is 1. The second kappa shape index (κ2) is 4.94. The van der Waals surface area contributed by atoms with Crippen molar-refractivity contribution in [2.75, 3.05) is 11.1 Å². The first kappa shape index (κ1) is 12.2. The van der Waals surface area contributed by atoms with Crippen LogP contribution in [0.2, 0.25) is 5.02 Å². The van der Waals surface area contributed by atoms with Crippen LogP contribution in [-0.4, -0.2) is 4.98 Å². The molecule has 0 saturated carbocycles. The van der Waals surface area contributed by atoms with Gasteiger partial charge in [-0.3, -0.25) is 0 Å². The Morgan fingerprint density at radius 2 is 2.18 bits per heavy atom. The molecule has 17 heavy (non-hydrogen) atoms. The fraction of sp³-hybridized carbons (Fsp3) is 0.0833. The summed E-state index contributed by atoms with van der Waals surface area (Å²) < 4.78 is 0.819. The van der Waals surface area contributed by atoms with Gasteiger partial charge >= 0.3 is 0 Å². The minimum absolute atomic E-state index is 0.651. The summed E-state index contributed by atoms with van der Waals surface area (Å²) in [6.07, 6.45) is 1.62. The predicted octanol–water partition coefficient (Wildman–Crippen LogP) is 4.13. The first-order valence-electron chi connectivity index (χ1n) is 5.01. The Morgan fingerprint density at radius 3 is 2.88 bits per heavy atom. The monoisotopic (exact) mass is 311 g/mol. The van der Waals surface area contributed by atoms with Crippen LogP contribution >= 0.6 is 27.5 Å². The van der Waals surface area contributed by atoms with E-state index in [-0.39, 0.29) is 0 Å². The third-order valence-corrected chi connectivity index (χ3v) is 3.70. The molecule has 2 aromatic rings. The molecule has 5 heteroatoms. The Hall–Kier alpha value is -1.26. The SMILES string of the molecule is Cc1cc(N)cnc1Nc1cccc(Cl)c1Br. The maximum atomic E-state index is 6.02. The third kappa shape index (κ3) is 2.70. The van der Waals surface area contributed by atoms with Gasteiger partial charge in [-0.05, 0) is 46.6 Å². The van der Waals surface area contributed by atoms with Gasteiger partial charge in [-0.2, -0.15) is 0 Å². The van der Waals surface area contributed by atoms with Gasteiger partial charge in [0.15, 0.2) is 0 Å². The number of anilines is 3. The van der Waals surface area contributed by atoms with Gasteiger partial charge in [-0.1, -0.05) is 17.7 Å². The van der Waals surface area contributed by atoms with Crippen molar-refractivity contribution in [3.8, 4) is 0 Å². The molecule has 0 aliphatic carbocycles. The lowest BCUT2D eigenvalue weighted by Gasteiger charge is -2.11. The topological polar surface area (TPSA) is 50.9 Å². The second-order valence-electron chi connectivity index (χ2n) is 3.66. The largest absolute Gasteiger partial charge is 0.397 e. The minimum atomic E-state index is 0.651. The Balaban J connectivity index is 2.35. The van der Waals surface area contributed by atoms with E-state index in [0.29, 0.717) is 10.7 Å². The third-order valence-electron chi connectivity index (χ3n) is 2.30. The quantitative estimate of drug-likeness (QED) is 0.876. The molecule has 0 aliphatic heterocycles. The number of nitrogens with two attached hydrogens (primary N) is 1. The zero-order valence-electron chi connectivity index (χ0n) is 9.17. The summed E-state index contributed by atoms with van der Waals surface area (Å²) in [5.41, 5.74) is 8.16. The Bertz CT molecular complexity index is 557. The van der Waals surface area contributed by atoms with Crippen molar-refractivity contribution in [1.29, 1.82) is 0 Å². The molecule has 0 aliphatic rings. The summed E-state index contributed by atoms with van der Waals surface area (Å²) >= 11 is 9.45. The van der Waals surface area contributed by atoms with Crippen LogP contribution in [0.15, 0.2) is 34.9 Å². The van der Waals surface area contributed by atoms with Crippen LogP contribution in [0.3, 0.4) is 0 Å². The predicted molar refractivity (Wildman–Crippen MR) is 75.8 cm³/mol. The molecular weight excluding hydrogens is 302 g/mol. The zero-order chi connectivity index (χ0) is 12.4. The average molecular weight is 313 g/mol. The summed E-state index contributed by atoms with van der Waals surface area (Å²) in [5, 5.41) is 3.87. The second-order valence-corrected chi connectivity index (χ2v) is 4.86. The van der Waals surface area contributed by atoms with Crippen molar-refractivity contribution in [3.05, 3.63) is 45.5 Å². The molecule has 0 radical (unpaired) electrons. The number of pyridine rings is 1. The average Bonchev–Trinajstić information content (AvgIpc) is 2.28. The van der Waals surface area contributed by atoms with Gasteiger partial charge < -0.3 is 11.1 Å². The Kier molecular flexibility index (Phi) is 3.54. The molecule has 0 fully saturated rings. The summed E-state index contributed by atoms with van der Waals surface area (Å²) in [6.45, 7) is 1.95. The van der Waals surface area contributed by atoms with Gasteiger partial charge in [0.1, 0.15) is 5.82 Å². The molecule has 0 atom stereocenters. The van der Waals surface area contributed by atoms with Crippen molar-refractivity contribution < 1.29 is 0 Å². The van der Waals surface area contributed by atoms with Crippen LogP contribution in [0.25, 0.3) is 0 Å². The van der Waals surface area contributed by atoms with E-state index >= 15 is 0 Å². The van der Waals surface area contributed by atoms with Crippen LogP contribution in [0, 0.1) is 6.92 Å². The van der Waals surface area contributed by atoms with Crippen molar-refractivity contribution in [3.63, 3.8) is 0 Å². The van der Waals surface area contributed by atoms with Gasteiger partial charge in [0, 0.05) is 0 Å². The first-order valence-corrected chi connectivity index (χ1v) is 6.18. The van der Waals surface area contributed by atoms with E-state index in [1.54, 1.807) is 6.20 Å². The number of nitrogens with one attached hydrogen (secondary N) is 1. The van der Waals surface area contributed by atoms with Crippen LogP contribution in [-0.2, 0) is 0 Å². The number of aryl methyl sites for hydroxylation is 1. The van der Waals surface area contributed by atoms with Crippen LogP contribution in [0.4, 0.5) is 17.2 Å². The van der Waals surface area contributed by atoms with Crippen molar-refractivity contribution >= 4 is 44.7 Å². The number of hydrogen-bond acceptors (Lipinski definition) is 3. The lowest BCUT2D eigenvalue weighted by Crippen LogP contribution is -1.98. The minimum Gasteiger partial charge on any atom is -0.397 e. The molecule has 88 valence electrons. The van der Waals surface area contributed by atoms with Gasteiger partial charge in [-0.25, -0.2) is 4.98 Å². The number of nitrogen functional groups attached to an aromatic ring is 1. The molecular formula is C12H11BrClN3. The highest BCUT2D eigenvalue weighted by molar-refractivity contribution is 9.10. The fourth-order valence-electron chi connectivity index (χ4n) is 1.46. The summed E-state index contributed by atoms with van der Waals surface area (Å²) in [6, 6.07) is 7.49. The maximum absolute atomic E-state index is 6.02. The van der Waals surface area contributed by atoms with E-state index in [4.69, 9.17) is 17.3 Å². The number of rotatable bonds is 2. The van der Waals surface area contributed by atoms with E-state index in [2.05, 4.69) is 26.2 Å². The maximum Gasteiger partial charge on any atom is 0.133 e. The smallest absolute Gasteiger partial charge is 0.133 e. The van der Waals surface area contributed by atoms with Gasteiger partial charge in [0.05, 0.1) is 27.1 Å². The van der Waals surface area contributed by atoms with E-state index in [1.807, 2.05) is 31.2 Å². The van der Waals surface area contributed by atoms with Crippen LogP contribution < -0.4 is 11.1 Å². The fourth-order valence-corrected chi connectivity index (χ4v) is 1.99. The molecule has 3 nitrogen and oxygen atoms in total. The normalized spacial score (nSPS) is 10.3. The van der Waals surface area contributed by atoms with Crippen LogP contribution in [0.5, 0.6) is 0 Å². The lowest BCUT2D eigenvalue weighted by molar-refractivity contribution is 1.26. The highest BCUT2D eigenvalue weighted by Crippen LogP contribution is 2.32. The molecule has 0 bridgehead atoms. The zero-order valence-corrected chi connectivity index (χ0v) is 11.5. The summed E-state index contributed by atoms with van der Waals surface area (Å²) in [4.78, 5) is 4.24. The van der Waals surface area contributed by atoms with Crippen LogP contribution in [0.1, 0.15) is 5.56 Å². The molecule has 2 rings (SSSR count). The van der Waals surface area contributed by atoms with Gasteiger partial charge in [0.25, 0.3) is 0 Å². The Labute approximate surface area is 113 Å². The lowest BCUT2D eigenvalue weighted by atomic mass is 10.2. The standard InChI is InChI=1S/C12H11BrClN3/c1-7-5-8(15)6-16-12(7)17-10-4-2-3-9(14)11(10)13/h2-6H,15H2,1H3,(H,16,17). The molecule has 0 unspecified atom stereocenters. The van der Waals surface area contributed by atoms with Crippen molar-refractivity contribution in [2.24, 2.45) is 0 Å². The highest BCUT2D eigenvalue weighted by atomic mass is 79.9. The van der Waals surface area contributed by atoms with E-state index in [9.17, 15) is 0 Å². The van der Waals surface area contributed by atoms with E-state index in [0.717, 1.165) is 21.5 Å². The van der Waals surface area contributed by atoms with E-state index < -0.39 is 0 Å². The van der Waals surface area contributed by atoms with Crippen molar-refractivity contribution in [2.45, 2.75) is 6.92 Å². The molecule has 1 aromatic carbocycles. The molecule has 1 heterocycles. The number of benzene rings is 1. The number of aromatic nitrogens is 1. The van der Waals surface area contributed by atoms with E-state index in [1.165, 1.54) is 0 Å². The first-order chi connectivity index (χ1) is 8.08. The molecule has 0 saturated heterocycles. The van der Waals surface area contributed by atoms with Gasteiger partial charge in [0.2, 0.25) is 0 Å².